The van der Waals surface area contributed by atoms with E-state index >= 15 is 0 Å². The number of carbonyl (C=O) groups excluding carboxylic acids is 1. The second-order valence-corrected chi connectivity index (χ2v) is 9.25. The summed E-state index contributed by atoms with van der Waals surface area (Å²) >= 11 is 0. The Morgan fingerprint density at radius 2 is 1.73 bits per heavy atom. The van der Waals surface area contributed by atoms with E-state index in [0.29, 0.717) is 5.69 Å². The van der Waals surface area contributed by atoms with Crippen LogP contribution >= 0.6 is 0 Å². The molecule has 0 aliphatic heterocycles. The number of hydrogen-bond donors (Lipinski definition) is 3. The molecule has 0 aliphatic rings. The van der Waals surface area contributed by atoms with E-state index in [2.05, 4.69) is 36.5 Å². The fraction of sp³-hybridized carbons (Fsp3) is 0.103. The number of nitrogens with zero attached hydrogens (tertiary/aromatic N) is 3. The summed E-state index contributed by atoms with van der Waals surface area (Å²) in [6.07, 6.45) is 5.15. The zero-order valence-electron chi connectivity index (χ0n) is 20.2. The van der Waals surface area contributed by atoms with Crippen LogP contribution in [-0.2, 0) is 4.79 Å². The minimum atomic E-state index is -0.273. The first-order valence-corrected chi connectivity index (χ1v) is 11.9. The molecule has 4 aromatic heterocycles. The Balaban J connectivity index is 1.41. The lowest BCUT2D eigenvalue weighted by atomic mass is 10.0. The summed E-state index contributed by atoms with van der Waals surface area (Å²) in [6.45, 7) is 3.70. The topological polar surface area (TPSA) is 99.3 Å². The van der Waals surface area contributed by atoms with Crippen molar-refractivity contribution < 1.29 is 9.18 Å². The number of pyridine rings is 2. The SMILES string of the molecule is CC(C)C(=O)Nc1cncc(-c2ccc3[nH]nc(-c4cc5c(-c6ccc(F)cc6)ccnc5[nH]4)c3c2)c1. The molecule has 2 aromatic carbocycles. The largest absolute Gasteiger partial charge is 0.338 e. The highest BCUT2D eigenvalue weighted by Crippen LogP contribution is 2.35. The standard InChI is InChI=1S/C29H23FN6O/c1-16(2)29(37)33-21-11-19(14-31-15-21)18-5-8-25-24(12-18)27(36-35-25)26-13-23-22(9-10-32-28(23)34-26)17-3-6-20(30)7-4-17/h3-16H,1-2H3,(H,32,34)(H,33,37)(H,35,36). The van der Waals surface area contributed by atoms with Gasteiger partial charge in [0.15, 0.2) is 0 Å². The predicted molar refractivity (Wildman–Crippen MR) is 143 cm³/mol. The van der Waals surface area contributed by atoms with Gasteiger partial charge in [0.1, 0.15) is 17.2 Å². The van der Waals surface area contributed by atoms with Crippen molar-refractivity contribution in [3.63, 3.8) is 0 Å². The highest BCUT2D eigenvalue weighted by Gasteiger charge is 2.15. The van der Waals surface area contributed by atoms with E-state index in [1.54, 1.807) is 30.7 Å². The lowest BCUT2D eigenvalue weighted by Crippen LogP contribution is -2.17. The van der Waals surface area contributed by atoms with Crippen LogP contribution in [0.5, 0.6) is 0 Å². The molecule has 0 atom stereocenters. The molecule has 6 rings (SSSR count). The number of nitrogens with one attached hydrogen (secondary N) is 3. The van der Waals surface area contributed by atoms with E-state index < -0.39 is 0 Å². The van der Waals surface area contributed by atoms with Crippen LogP contribution in [0.25, 0.3) is 55.6 Å². The summed E-state index contributed by atoms with van der Waals surface area (Å²) in [5, 5.41) is 12.5. The number of benzene rings is 2. The monoisotopic (exact) mass is 490 g/mol. The first-order chi connectivity index (χ1) is 18.0. The highest BCUT2D eigenvalue weighted by atomic mass is 19.1. The molecule has 182 valence electrons. The molecule has 0 fully saturated rings. The minimum Gasteiger partial charge on any atom is -0.338 e. The van der Waals surface area contributed by atoms with Gasteiger partial charge in [-0.25, -0.2) is 9.37 Å². The lowest BCUT2D eigenvalue weighted by Gasteiger charge is -2.09. The summed E-state index contributed by atoms with van der Waals surface area (Å²) in [4.78, 5) is 24.3. The number of hydrogen-bond acceptors (Lipinski definition) is 4. The maximum atomic E-state index is 13.5. The van der Waals surface area contributed by atoms with Crippen molar-refractivity contribution in [3.8, 4) is 33.6 Å². The predicted octanol–water partition coefficient (Wildman–Crippen LogP) is 6.57. The van der Waals surface area contributed by atoms with Gasteiger partial charge in [0.25, 0.3) is 0 Å². The third kappa shape index (κ3) is 4.23. The van der Waals surface area contributed by atoms with Gasteiger partial charge in [-0.15, -0.1) is 0 Å². The fourth-order valence-electron chi connectivity index (χ4n) is 4.39. The number of amides is 1. The van der Waals surface area contributed by atoms with Crippen LogP contribution in [0.4, 0.5) is 10.1 Å². The number of aromatic amines is 2. The van der Waals surface area contributed by atoms with Crippen molar-refractivity contribution in [2.75, 3.05) is 5.32 Å². The van der Waals surface area contributed by atoms with Crippen LogP contribution in [0.15, 0.2) is 79.3 Å². The van der Waals surface area contributed by atoms with Crippen molar-refractivity contribution in [2.24, 2.45) is 5.92 Å². The fourth-order valence-corrected chi connectivity index (χ4v) is 4.39. The molecule has 0 aliphatic carbocycles. The van der Waals surface area contributed by atoms with E-state index in [4.69, 9.17) is 0 Å². The molecule has 0 spiro atoms. The van der Waals surface area contributed by atoms with Crippen LogP contribution in [0, 0.1) is 11.7 Å². The van der Waals surface area contributed by atoms with Crippen LogP contribution in [-0.4, -0.2) is 31.1 Å². The molecule has 0 saturated heterocycles. The summed E-state index contributed by atoms with van der Waals surface area (Å²) < 4.78 is 13.5. The number of anilines is 1. The number of aromatic nitrogens is 5. The van der Waals surface area contributed by atoms with Gasteiger partial charge in [-0.2, -0.15) is 5.10 Å². The van der Waals surface area contributed by atoms with Gasteiger partial charge >= 0.3 is 0 Å². The Kier molecular flexibility index (Phi) is 5.49. The number of fused-ring (bicyclic) bond motifs is 2. The molecule has 6 aromatic rings. The molecule has 0 saturated carbocycles. The Bertz CT molecular complexity index is 1770. The van der Waals surface area contributed by atoms with E-state index in [0.717, 1.165) is 55.6 Å². The summed E-state index contributed by atoms with van der Waals surface area (Å²) in [7, 11) is 0. The summed E-state index contributed by atoms with van der Waals surface area (Å²) in [5.74, 6) is -0.451. The average molecular weight is 491 g/mol. The molecule has 0 bridgehead atoms. The van der Waals surface area contributed by atoms with E-state index in [1.165, 1.54) is 12.1 Å². The summed E-state index contributed by atoms with van der Waals surface area (Å²) in [6, 6.07) is 18.3. The molecule has 37 heavy (non-hydrogen) atoms. The summed E-state index contributed by atoms with van der Waals surface area (Å²) in [5.41, 5.74) is 7.54. The van der Waals surface area contributed by atoms with Crippen LogP contribution in [0.3, 0.4) is 0 Å². The van der Waals surface area contributed by atoms with Crippen LogP contribution in [0.2, 0.25) is 0 Å². The van der Waals surface area contributed by atoms with Crippen molar-refractivity contribution >= 4 is 33.5 Å². The molecule has 1 amide bonds. The maximum absolute atomic E-state index is 13.5. The highest BCUT2D eigenvalue weighted by molar-refractivity contribution is 6.01. The number of carbonyl (C=O) groups is 1. The molecule has 8 heteroatoms. The molecule has 3 N–H and O–H groups in total. The first-order valence-electron chi connectivity index (χ1n) is 11.9. The Morgan fingerprint density at radius 3 is 2.54 bits per heavy atom. The second-order valence-electron chi connectivity index (χ2n) is 9.25. The molecule has 0 unspecified atom stereocenters. The van der Waals surface area contributed by atoms with E-state index in [-0.39, 0.29) is 17.6 Å². The van der Waals surface area contributed by atoms with Gasteiger partial charge < -0.3 is 10.3 Å². The van der Waals surface area contributed by atoms with Gasteiger partial charge in [-0.3, -0.25) is 14.9 Å². The maximum Gasteiger partial charge on any atom is 0.226 e. The molecular formula is C29H23FN6O. The van der Waals surface area contributed by atoms with E-state index in [9.17, 15) is 9.18 Å². The number of rotatable bonds is 5. The van der Waals surface area contributed by atoms with Crippen LogP contribution in [0.1, 0.15) is 13.8 Å². The molecule has 0 radical (unpaired) electrons. The minimum absolute atomic E-state index is 0.0565. The lowest BCUT2D eigenvalue weighted by molar-refractivity contribution is -0.118. The number of H-pyrrole nitrogens is 2. The average Bonchev–Trinajstić information content (AvgIpc) is 3.53. The van der Waals surface area contributed by atoms with Crippen molar-refractivity contribution in [1.82, 2.24) is 25.1 Å². The third-order valence-electron chi connectivity index (χ3n) is 6.37. The Hall–Kier alpha value is -4.85. The van der Waals surface area contributed by atoms with Gasteiger partial charge in [0.2, 0.25) is 5.91 Å². The van der Waals surface area contributed by atoms with Crippen molar-refractivity contribution in [3.05, 3.63) is 85.1 Å². The third-order valence-corrected chi connectivity index (χ3v) is 6.37. The quantitative estimate of drug-likeness (QED) is 0.254. The molecular weight excluding hydrogens is 467 g/mol. The Labute approximate surface area is 211 Å². The molecule has 7 nitrogen and oxygen atoms in total. The Morgan fingerprint density at radius 1 is 0.919 bits per heavy atom. The van der Waals surface area contributed by atoms with Gasteiger partial charge in [-0.05, 0) is 59.2 Å². The normalized spacial score (nSPS) is 11.5. The zero-order chi connectivity index (χ0) is 25.5. The second kappa shape index (κ2) is 8.98. The van der Waals surface area contributed by atoms with Gasteiger partial charge in [0.05, 0.1) is 23.1 Å². The first kappa shape index (κ1) is 22.6. The smallest absolute Gasteiger partial charge is 0.226 e. The van der Waals surface area contributed by atoms with E-state index in [1.807, 2.05) is 44.2 Å². The zero-order valence-corrected chi connectivity index (χ0v) is 20.2. The molecule has 4 heterocycles. The van der Waals surface area contributed by atoms with Crippen molar-refractivity contribution in [1.29, 1.82) is 0 Å². The van der Waals surface area contributed by atoms with Gasteiger partial charge in [0, 0.05) is 34.6 Å². The van der Waals surface area contributed by atoms with Crippen molar-refractivity contribution in [2.45, 2.75) is 13.8 Å². The van der Waals surface area contributed by atoms with Crippen LogP contribution < -0.4 is 5.32 Å². The number of halogens is 1. The van der Waals surface area contributed by atoms with Gasteiger partial charge in [-0.1, -0.05) is 32.0 Å².